The normalized spacial score (nSPS) is 41.6. The van der Waals surface area contributed by atoms with Crippen molar-refractivity contribution in [1.29, 1.82) is 0 Å². The van der Waals surface area contributed by atoms with E-state index in [1.54, 1.807) is 27.7 Å². The molecule has 0 saturated heterocycles. The van der Waals surface area contributed by atoms with Gasteiger partial charge in [-0.1, -0.05) is 40.7 Å². The van der Waals surface area contributed by atoms with E-state index in [0.717, 1.165) is 6.08 Å². The van der Waals surface area contributed by atoms with Crippen LogP contribution in [0.4, 0.5) is 8.78 Å². The van der Waals surface area contributed by atoms with E-state index in [0.29, 0.717) is 0 Å². The summed E-state index contributed by atoms with van der Waals surface area (Å²) >= 11 is 0. The molecular formula is C30H38F2O8. The molecule has 9 atom stereocenters. The number of carbonyl (C=O) groups excluding carboxylic acids is 5. The molecule has 0 aliphatic heterocycles. The lowest BCUT2D eigenvalue weighted by atomic mass is 9.44. The van der Waals surface area contributed by atoms with Crippen molar-refractivity contribution in [3.63, 3.8) is 0 Å². The predicted octanol–water partition coefficient (Wildman–Crippen LogP) is 4.68. The average Bonchev–Trinajstić information content (AvgIpc) is 3.13. The fraction of sp³-hybridized carbons (Fsp3) is 0.700. The van der Waals surface area contributed by atoms with E-state index in [1.807, 2.05) is 0 Å². The summed E-state index contributed by atoms with van der Waals surface area (Å²) in [5.74, 6) is -6.28. The first-order valence-corrected chi connectivity index (χ1v) is 14.1. The van der Waals surface area contributed by atoms with Crippen molar-refractivity contribution in [2.45, 2.75) is 104 Å². The second-order valence-corrected chi connectivity index (χ2v) is 12.0. The van der Waals surface area contributed by atoms with Gasteiger partial charge in [0.05, 0.1) is 0 Å². The Kier molecular flexibility index (Phi) is 7.65. The number of esters is 4. The second kappa shape index (κ2) is 10.2. The smallest absolute Gasteiger partial charge is 0.359 e. The van der Waals surface area contributed by atoms with Gasteiger partial charge in [0.25, 0.3) is 0 Å². The van der Waals surface area contributed by atoms with Crippen LogP contribution in [-0.4, -0.2) is 53.2 Å². The number of fused-ring (bicyclic) bond motifs is 5. The number of hydrogen-bond donors (Lipinski definition) is 0. The van der Waals surface area contributed by atoms with Crippen molar-refractivity contribution in [3.8, 4) is 0 Å². The van der Waals surface area contributed by atoms with Crippen LogP contribution in [0, 0.1) is 28.6 Å². The molecule has 3 unspecified atom stereocenters. The van der Waals surface area contributed by atoms with E-state index in [4.69, 9.17) is 14.2 Å². The topological polar surface area (TPSA) is 113 Å². The van der Waals surface area contributed by atoms with Crippen LogP contribution in [0.5, 0.6) is 0 Å². The molecule has 0 heterocycles. The lowest BCUT2D eigenvalue weighted by molar-refractivity contribution is -0.244. The van der Waals surface area contributed by atoms with Crippen LogP contribution in [0.25, 0.3) is 0 Å². The highest BCUT2D eigenvalue weighted by molar-refractivity contribution is 6.01. The number of alkyl halides is 2. The van der Waals surface area contributed by atoms with Gasteiger partial charge in [-0.15, -0.1) is 0 Å². The monoisotopic (exact) mass is 564 g/mol. The standard InChI is InChI=1S/C30H38F2O8/c1-7-23(34)38-22-15-28(6)18(12-16(4)30(28,40-25(36)9-3)26(37)39-24(35)8-2)19-14-21(31)20-13-17(33)10-11-27(20,5)29(19,22)32/h10-11,13,16,18-19,21-22H,7-9,12,14-15H2,1-6H3/t16-,18?,19?,21+,22?,27+,28+,29+,30+/m1/s1. The number of ether oxygens (including phenoxy) is 3. The highest BCUT2D eigenvalue weighted by atomic mass is 19.1. The summed E-state index contributed by atoms with van der Waals surface area (Å²) in [6.07, 6.45) is -0.136. The van der Waals surface area contributed by atoms with Crippen LogP contribution in [-0.2, 0) is 38.2 Å². The number of halogens is 2. The molecule has 40 heavy (non-hydrogen) atoms. The summed E-state index contributed by atoms with van der Waals surface area (Å²) < 4.78 is 50.8. The number of rotatable bonds is 6. The molecule has 0 N–H and O–H groups in total. The number of hydrogen-bond acceptors (Lipinski definition) is 8. The first kappa shape index (κ1) is 30.1. The fourth-order valence-corrected chi connectivity index (χ4v) is 8.05. The third kappa shape index (κ3) is 3.99. The number of allylic oxidation sites excluding steroid dienone is 4. The van der Waals surface area contributed by atoms with Gasteiger partial charge < -0.3 is 14.2 Å². The molecule has 0 spiro atoms. The molecule has 8 nitrogen and oxygen atoms in total. The zero-order valence-corrected chi connectivity index (χ0v) is 23.9. The SMILES string of the molecule is CCC(=O)OC(=O)[C@@]1(OC(=O)CC)[C@H](C)CC2C3C[C@H](F)C4=CC(=O)C=C[C@]4(C)[C@@]3(F)C(OC(=O)CC)C[C@@]21C. The maximum Gasteiger partial charge on any atom is 0.359 e. The maximum atomic E-state index is 18.1. The van der Waals surface area contributed by atoms with E-state index in [2.05, 4.69) is 0 Å². The van der Waals surface area contributed by atoms with Crippen molar-refractivity contribution < 1.29 is 47.0 Å². The number of carbonyl (C=O) groups is 5. The molecule has 4 rings (SSSR count). The molecule has 3 saturated carbocycles. The van der Waals surface area contributed by atoms with Gasteiger partial charge in [0.2, 0.25) is 5.60 Å². The van der Waals surface area contributed by atoms with Gasteiger partial charge in [-0.05, 0) is 49.8 Å². The lowest BCUT2D eigenvalue weighted by Gasteiger charge is -2.63. The molecule has 0 amide bonds. The highest BCUT2D eigenvalue weighted by Gasteiger charge is 2.79. The Hall–Kier alpha value is -2.91. The Morgan fingerprint density at radius 3 is 2.20 bits per heavy atom. The predicted molar refractivity (Wildman–Crippen MR) is 138 cm³/mol. The quantitative estimate of drug-likeness (QED) is 0.260. The molecule has 3 fully saturated rings. The van der Waals surface area contributed by atoms with Crippen LogP contribution in [0.3, 0.4) is 0 Å². The van der Waals surface area contributed by atoms with Gasteiger partial charge in [0, 0.05) is 41.9 Å². The molecule has 4 aliphatic carbocycles. The Morgan fingerprint density at radius 1 is 0.975 bits per heavy atom. The summed E-state index contributed by atoms with van der Waals surface area (Å²) in [6.45, 7) is 9.44. The second-order valence-electron chi connectivity index (χ2n) is 12.0. The molecule has 4 aliphatic rings. The van der Waals surface area contributed by atoms with E-state index in [-0.39, 0.29) is 44.1 Å². The zero-order chi connectivity index (χ0) is 29.8. The van der Waals surface area contributed by atoms with E-state index >= 15 is 8.78 Å². The molecule has 0 aromatic heterocycles. The van der Waals surface area contributed by atoms with Gasteiger partial charge in [0.1, 0.15) is 12.3 Å². The van der Waals surface area contributed by atoms with Crippen LogP contribution in [0.2, 0.25) is 0 Å². The molecular weight excluding hydrogens is 526 g/mol. The summed E-state index contributed by atoms with van der Waals surface area (Å²) in [4.78, 5) is 63.7. The number of ketones is 1. The third-order valence-electron chi connectivity index (χ3n) is 10.1. The van der Waals surface area contributed by atoms with Crippen LogP contribution >= 0.6 is 0 Å². The first-order valence-electron chi connectivity index (χ1n) is 14.1. The van der Waals surface area contributed by atoms with Crippen molar-refractivity contribution in [1.82, 2.24) is 0 Å². The Morgan fingerprint density at radius 2 is 1.60 bits per heavy atom. The minimum atomic E-state index is -2.35. The minimum absolute atomic E-state index is 0.0115. The Labute approximate surface area is 232 Å². The molecule has 0 aromatic carbocycles. The first-order chi connectivity index (χ1) is 18.7. The Balaban J connectivity index is 1.94. The largest absolute Gasteiger partial charge is 0.459 e. The third-order valence-corrected chi connectivity index (χ3v) is 10.1. The minimum Gasteiger partial charge on any atom is -0.459 e. The van der Waals surface area contributed by atoms with Crippen molar-refractivity contribution in [3.05, 3.63) is 23.8 Å². The van der Waals surface area contributed by atoms with Gasteiger partial charge in [-0.25, -0.2) is 13.6 Å². The van der Waals surface area contributed by atoms with Crippen molar-refractivity contribution >= 4 is 29.7 Å². The van der Waals surface area contributed by atoms with Crippen LogP contribution < -0.4 is 0 Å². The van der Waals surface area contributed by atoms with Gasteiger partial charge in [0.15, 0.2) is 11.5 Å². The summed E-state index contributed by atoms with van der Waals surface area (Å²) in [5, 5.41) is 0. The van der Waals surface area contributed by atoms with Crippen LogP contribution in [0.1, 0.15) is 80.1 Å². The van der Waals surface area contributed by atoms with Crippen LogP contribution in [0.15, 0.2) is 23.8 Å². The Bertz CT molecular complexity index is 1190. The van der Waals surface area contributed by atoms with E-state index in [9.17, 15) is 24.0 Å². The molecule has 10 heteroatoms. The average molecular weight is 565 g/mol. The molecule has 220 valence electrons. The summed E-state index contributed by atoms with van der Waals surface area (Å²) in [6, 6.07) is 0. The maximum absolute atomic E-state index is 18.1. The van der Waals surface area contributed by atoms with Crippen molar-refractivity contribution in [2.24, 2.45) is 28.6 Å². The lowest BCUT2D eigenvalue weighted by Crippen LogP contribution is -2.71. The van der Waals surface area contributed by atoms with Crippen molar-refractivity contribution in [2.75, 3.05) is 0 Å². The van der Waals surface area contributed by atoms with Gasteiger partial charge >= 0.3 is 23.9 Å². The molecule has 0 radical (unpaired) electrons. The summed E-state index contributed by atoms with van der Waals surface area (Å²) in [5.41, 5.74) is -7.36. The van der Waals surface area contributed by atoms with Gasteiger partial charge in [-0.3, -0.25) is 19.2 Å². The van der Waals surface area contributed by atoms with E-state index in [1.165, 1.54) is 26.0 Å². The fourth-order valence-electron chi connectivity index (χ4n) is 8.05. The molecule has 0 aromatic rings. The molecule has 0 bridgehead atoms. The highest BCUT2D eigenvalue weighted by Crippen LogP contribution is 2.72. The van der Waals surface area contributed by atoms with E-state index < -0.39 is 81.8 Å². The summed E-state index contributed by atoms with van der Waals surface area (Å²) in [7, 11) is 0. The zero-order valence-electron chi connectivity index (χ0n) is 23.9. The van der Waals surface area contributed by atoms with Gasteiger partial charge in [-0.2, -0.15) is 0 Å².